The lowest BCUT2D eigenvalue weighted by Gasteiger charge is -2.38. The van der Waals surface area contributed by atoms with Gasteiger partial charge in [0.15, 0.2) is 0 Å². The zero-order valence-electron chi connectivity index (χ0n) is 13.8. The van der Waals surface area contributed by atoms with Crippen LogP contribution in [0.15, 0.2) is 24.3 Å². The topological polar surface area (TPSA) is 61.9 Å². The number of hydroxylamine groups is 1. The molecule has 0 saturated carbocycles. The second kappa shape index (κ2) is 6.51. The van der Waals surface area contributed by atoms with Gasteiger partial charge in [-0.2, -0.15) is 13.2 Å². The Morgan fingerprint density at radius 3 is 2.62 bits per heavy atom. The fraction of sp³-hybridized carbons (Fsp3) is 0.500. The molecule has 2 saturated heterocycles. The second-order valence-corrected chi connectivity index (χ2v) is 6.45. The SMILES string of the molecule is CN1C(=O)C2(Cc3ccc(F)cc3)CNCCC2N1OC(=O)C(F)(F)F. The molecule has 2 unspecified atom stereocenters. The van der Waals surface area contributed by atoms with E-state index in [2.05, 4.69) is 10.2 Å². The Bertz CT molecular complexity index is 710. The third-order valence-electron chi connectivity index (χ3n) is 4.80. The first kappa shape index (κ1) is 18.6. The first-order valence-electron chi connectivity index (χ1n) is 7.97. The molecule has 2 aliphatic heterocycles. The molecule has 1 amide bonds. The third-order valence-corrected chi connectivity index (χ3v) is 4.80. The number of hydrogen-bond donors (Lipinski definition) is 1. The Kier molecular flexibility index (Phi) is 4.65. The Labute approximate surface area is 146 Å². The van der Waals surface area contributed by atoms with Crippen molar-refractivity contribution in [1.82, 2.24) is 15.5 Å². The summed E-state index contributed by atoms with van der Waals surface area (Å²) in [7, 11) is 1.26. The highest BCUT2D eigenvalue weighted by Gasteiger charge is 2.60. The van der Waals surface area contributed by atoms with Crippen LogP contribution < -0.4 is 5.32 Å². The molecule has 2 fully saturated rings. The van der Waals surface area contributed by atoms with Gasteiger partial charge in [0.1, 0.15) is 5.82 Å². The average Bonchev–Trinajstić information content (AvgIpc) is 2.78. The maximum absolute atomic E-state index is 13.1. The number of benzene rings is 1. The summed E-state index contributed by atoms with van der Waals surface area (Å²) < 4.78 is 50.9. The number of carbonyl (C=O) groups excluding carboxylic acids is 2. The lowest BCUT2D eigenvalue weighted by Crippen LogP contribution is -2.55. The van der Waals surface area contributed by atoms with E-state index in [0.717, 1.165) is 10.2 Å². The molecule has 142 valence electrons. The summed E-state index contributed by atoms with van der Waals surface area (Å²) in [5.41, 5.74) is -0.456. The van der Waals surface area contributed by atoms with Gasteiger partial charge in [-0.25, -0.2) is 14.2 Å². The molecule has 0 aromatic heterocycles. The third kappa shape index (κ3) is 3.14. The monoisotopic (exact) mass is 375 g/mol. The van der Waals surface area contributed by atoms with E-state index in [1.165, 1.54) is 31.3 Å². The van der Waals surface area contributed by atoms with E-state index in [9.17, 15) is 27.2 Å². The number of amides is 1. The predicted molar refractivity (Wildman–Crippen MR) is 80.6 cm³/mol. The molecule has 0 spiro atoms. The number of nitrogens with one attached hydrogen (secondary N) is 1. The molecule has 1 aromatic carbocycles. The summed E-state index contributed by atoms with van der Waals surface area (Å²) in [5.74, 6) is -3.28. The molecule has 10 heteroatoms. The smallest absolute Gasteiger partial charge is 0.340 e. The van der Waals surface area contributed by atoms with Gasteiger partial charge in [-0.05, 0) is 42.3 Å². The lowest BCUT2D eigenvalue weighted by atomic mass is 9.72. The van der Waals surface area contributed by atoms with E-state index >= 15 is 0 Å². The van der Waals surface area contributed by atoms with Crippen LogP contribution in [0, 0.1) is 11.2 Å². The van der Waals surface area contributed by atoms with Crippen LogP contribution in [-0.4, -0.2) is 54.4 Å². The number of halogens is 4. The van der Waals surface area contributed by atoms with Gasteiger partial charge in [0.05, 0.1) is 11.5 Å². The van der Waals surface area contributed by atoms with Crippen molar-refractivity contribution in [1.29, 1.82) is 0 Å². The molecule has 1 aromatic rings. The molecule has 0 radical (unpaired) electrons. The van der Waals surface area contributed by atoms with E-state index in [-0.39, 0.29) is 13.0 Å². The van der Waals surface area contributed by atoms with Crippen molar-refractivity contribution in [2.45, 2.75) is 25.1 Å². The number of rotatable bonds is 3. The van der Waals surface area contributed by atoms with Crippen molar-refractivity contribution in [3.63, 3.8) is 0 Å². The minimum atomic E-state index is -5.17. The van der Waals surface area contributed by atoms with Gasteiger partial charge in [-0.15, -0.1) is 0 Å². The number of piperidine rings is 1. The van der Waals surface area contributed by atoms with Crippen LogP contribution in [0.4, 0.5) is 17.6 Å². The molecule has 0 aliphatic carbocycles. The Morgan fingerprint density at radius 2 is 2.00 bits per heavy atom. The van der Waals surface area contributed by atoms with E-state index in [4.69, 9.17) is 0 Å². The van der Waals surface area contributed by atoms with Gasteiger partial charge in [0.2, 0.25) is 5.91 Å². The van der Waals surface area contributed by atoms with E-state index in [0.29, 0.717) is 18.5 Å². The van der Waals surface area contributed by atoms with E-state index < -0.39 is 35.3 Å². The Morgan fingerprint density at radius 1 is 1.35 bits per heavy atom. The Balaban J connectivity index is 1.91. The van der Waals surface area contributed by atoms with Crippen LogP contribution in [0.2, 0.25) is 0 Å². The van der Waals surface area contributed by atoms with Crippen LogP contribution in [0.1, 0.15) is 12.0 Å². The van der Waals surface area contributed by atoms with Crippen molar-refractivity contribution >= 4 is 11.9 Å². The van der Waals surface area contributed by atoms with Crippen LogP contribution in [0.5, 0.6) is 0 Å². The van der Waals surface area contributed by atoms with Crippen molar-refractivity contribution in [3.8, 4) is 0 Å². The average molecular weight is 375 g/mol. The molecule has 6 nitrogen and oxygen atoms in total. The number of hydrazine groups is 1. The molecule has 26 heavy (non-hydrogen) atoms. The van der Waals surface area contributed by atoms with Gasteiger partial charge < -0.3 is 10.2 Å². The van der Waals surface area contributed by atoms with Crippen molar-refractivity contribution in [2.75, 3.05) is 20.1 Å². The van der Waals surface area contributed by atoms with Crippen molar-refractivity contribution in [3.05, 3.63) is 35.6 Å². The normalized spacial score (nSPS) is 26.7. The number of nitrogens with zero attached hydrogens (tertiary/aromatic N) is 2. The zero-order chi connectivity index (χ0) is 19.1. The van der Waals surface area contributed by atoms with Gasteiger partial charge in [-0.3, -0.25) is 4.79 Å². The number of fused-ring (bicyclic) bond motifs is 1. The largest absolute Gasteiger partial charge is 0.492 e. The first-order chi connectivity index (χ1) is 12.1. The van der Waals surface area contributed by atoms with Gasteiger partial charge in [0.25, 0.3) is 0 Å². The second-order valence-electron chi connectivity index (χ2n) is 6.45. The highest BCUT2D eigenvalue weighted by atomic mass is 19.4. The van der Waals surface area contributed by atoms with Gasteiger partial charge in [-0.1, -0.05) is 12.1 Å². The molecule has 1 N–H and O–H groups in total. The first-order valence-corrected chi connectivity index (χ1v) is 7.97. The highest BCUT2D eigenvalue weighted by Crippen LogP contribution is 2.42. The van der Waals surface area contributed by atoms with Gasteiger partial charge >= 0.3 is 12.1 Å². The van der Waals surface area contributed by atoms with Crippen molar-refractivity contribution < 1.29 is 32.0 Å². The van der Waals surface area contributed by atoms with Crippen LogP contribution >= 0.6 is 0 Å². The fourth-order valence-corrected chi connectivity index (χ4v) is 3.59. The Hall–Kier alpha value is -2.20. The summed E-state index contributed by atoms with van der Waals surface area (Å²) >= 11 is 0. The summed E-state index contributed by atoms with van der Waals surface area (Å²) in [6, 6.07) is 4.79. The maximum atomic E-state index is 13.1. The fourth-order valence-electron chi connectivity index (χ4n) is 3.59. The number of hydrogen-bond acceptors (Lipinski definition) is 5. The van der Waals surface area contributed by atoms with Crippen LogP contribution in [0.3, 0.4) is 0 Å². The molecule has 2 atom stereocenters. The molecular formula is C16H17F4N3O3. The molecule has 2 aliphatic rings. The van der Waals surface area contributed by atoms with Crippen molar-refractivity contribution in [2.24, 2.45) is 5.41 Å². The molecule has 0 bridgehead atoms. The zero-order valence-corrected chi connectivity index (χ0v) is 13.8. The van der Waals surface area contributed by atoms with Crippen LogP contribution in [0.25, 0.3) is 0 Å². The minimum Gasteiger partial charge on any atom is -0.340 e. The summed E-state index contributed by atoms with van der Waals surface area (Å²) in [4.78, 5) is 28.6. The summed E-state index contributed by atoms with van der Waals surface area (Å²) in [6.07, 6.45) is -4.68. The van der Waals surface area contributed by atoms with Gasteiger partial charge in [0, 0.05) is 13.6 Å². The molecule has 2 heterocycles. The summed E-state index contributed by atoms with van der Waals surface area (Å²) in [5, 5.41) is 4.71. The molecular weight excluding hydrogens is 358 g/mol. The van der Waals surface area contributed by atoms with E-state index in [1.54, 1.807) is 0 Å². The molecule has 3 rings (SSSR count). The standard InChI is InChI=1S/C16H17F4N3O3/c1-22-13(24)15(8-10-2-4-11(17)5-3-10)9-21-7-6-12(15)23(22)26-14(25)16(18,19)20/h2-5,12,21H,6-9H2,1H3. The summed E-state index contributed by atoms with van der Waals surface area (Å²) in [6.45, 7) is 0.662. The highest BCUT2D eigenvalue weighted by molar-refractivity contribution is 5.86. The van der Waals surface area contributed by atoms with E-state index in [1.807, 2.05) is 0 Å². The number of alkyl halides is 3. The minimum absolute atomic E-state index is 0.175. The predicted octanol–water partition coefficient (Wildman–Crippen LogP) is 1.43. The maximum Gasteiger partial charge on any atom is 0.492 e. The quantitative estimate of drug-likeness (QED) is 0.810. The van der Waals surface area contributed by atoms with Crippen LogP contribution in [-0.2, 0) is 20.8 Å². The lowest BCUT2D eigenvalue weighted by molar-refractivity contribution is -0.286. The number of carbonyl (C=O) groups is 2.